The van der Waals surface area contributed by atoms with Crippen LogP contribution in [-0.4, -0.2) is 14.9 Å². The Labute approximate surface area is 107 Å². The Kier molecular flexibility index (Phi) is 3.78. The van der Waals surface area contributed by atoms with Crippen LogP contribution in [-0.2, 0) is 6.54 Å². The smallest absolute Gasteiger partial charge is 0.116 e. The molecule has 0 saturated carbocycles. The van der Waals surface area contributed by atoms with Crippen molar-refractivity contribution in [1.29, 1.82) is 0 Å². The largest absolute Gasteiger partial charge is 0.383 e. The van der Waals surface area contributed by atoms with Crippen molar-refractivity contribution in [2.24, 2.45) is 0 Å². The minimum Gasteiger partial charge on any atom is -0.383 e. The van der Waals surface area contributed by atoms with Crippen LogP contribution in [0.3, 0.4) is 0 Å². The molecule has 2 aromatic heterocycles. The maximum absolute atomic E-state index is 10.1. The molecule has 16 heavy (non-hydrogen) atoms. The van der Waals surface area contributed by atoms with E-state index in [1.165, 1.54) is 0 Å². The molecule has 0 aliphatic heterocycles. The minimum absolute atomic E-state index is 0.568. The van der Waals surface area contributed by atoms with Gasteiger partial charge >= 0.3 is 0 Å². The average molecular weight is 301 g/mol. The fourth-order valence-corrected chi connectivity index (χ4v) is 2.95. The van der Waals surface area contributed by atoms with Crippen molar-refractivity contribution >= 4 is 27.3 Å². The van der Waals surface area contributed by atoms with Gasteiger partial charge < -0.3 is 5.11 Å². The first kappa shape index (κ1) is 11.8. The summed E-state index contributed by atoms with van der Waals surface area (Å²) in [5.74, 6) is 0. The minimum atomic E-state index is -0.568. The van der Waals surface area contributed by atoms with Crippen molar-refractivity contribution in [2.75, 3.05) is 0 Å². The van der Waals surface area contributed by atoms with Gasteiger partial charge in [0.25, 0.3) is 0 Å². The van der Waals surface area contributed by atoms with E-state index in [2.05, 4.69) is 28.0 Å². The van der Waals surface area contributed by atoms with Crippen LogP contribution in [0.1, 0.15) is 29.9 Å². The van der Waals surface area contributed by atoms with Gasteiger partial charge in [0.05, 0.1) is 9.98 Å². The third kappa shape index (κ3) is 2.53. The molecule has 0 aromatic carbocycles. The standard InChI is InChI=1S/C11H13BrN2OS/c1-2-5-14-7-8(6-13-14)11(15)9-3-4-10(12)16-9/h3-4,6-7,11,15H,2,5H2,1H3. The topological polar surface area (TPSA) is 38.0 Å². The highest BCUT2D eigenvalue weighted by molar-refractivity contribution is 9.11. The first-order valence-corrected chi connectivity index (χ1v) is 6.77. The van der Waals surface area contributed by atoms with Gasteiger partial charge in [-0.15, -0.1) is 11.3 Å². The van der Waals surface area contributed by atoms with E-state index in [0.717, 1.165) is 27.2 Å². The molecule has 3 nitrogen and oxygen atoms in total. The Bertz CT molecular complexity index is 466. The van der Waals surface area contributed by atoms with Crippen LogP contribution in [0.2, 0.25) is 0 Å². The summed E-state index contributed by atoms with van der Waals surface area (Å²) >= 11 is 4.93. The number of hydrogen-bond donors (Lipinski definition) is 1. The Morgan fingerprint density at radius 1 is 1.56 bits per heavy atom. The summed E-state index contributed by atoms with van der Waals surface area (Å²) in [6.07, 6.45) is 4.11. The van der Waals surface area contributed by atoms with E-state index in [0.29, 0.717) is 0 Å². The van der Waals surface area contributed by atoms with E-state index in [4.69, 9.17) is 0 Å². The van der Waals surface area contributed by atoms with Gasteiger partial charge in [-0.05, 0) is 34.5 Å². The third-order valence-electron chi connectivity index (χ3n) is 2.29. The van der Waals surface area contributed by atoms with Crippen molar-refractivity contribution in [2.45, 2.75) is 26.0 Å². The van der Waals surface area contributed by atoms with Gasteiger partial charge in [0.15, 0.2) is 0 Å². The molecule has 2 rings (SSSR count). The lowest BCUT2D eigenvalue weighted by molar-refractivity contribution is 0.224. The highest BCUT2D eigenvalue weighted by Crippen LogP contribution is 2.30. The van der Waals surface area contributed by atoms with E-state index < -0.39 is 6.10 Å². The van der Waals surface area contributed by atoms with Gasteiger partial charge in [0.2, 0.25) is 0 Å². The first-order chi connectivity index (χ1) is 7.70. The van der Waals surface area contributed by atoms with Gasteiger partial charge in [-0.1, -0.05) is 6.92 Å². The third-order valence-corrected chi connectivity index (χ3v) is 3.96. The fraction of sp³-hybridized carbons (Fsp3) is 0.364. The van der Waals surface area contributed by atoms with Gasteiger partial charge in [-0.2, -0.15) is 5.10 Å². The summed E-state index contributed by atoms with van der Waals surface area (Å²) in [6, 6.07) is 3.87. The highest BCUT2D eigenvalue weighted by Gasteiger charge is 2.14. The molecule has 0 radical (unpaired) electrons. The zero-order chi connectivity index (χ0) is 11.5. The Morgan fingerprint density at radius 2 is 2.38 bits per heavy atom. The predicted molar refractivity (Wildman–Crippen MR) is 68.6 cm³/mol. The van der Waals surface area contributed by atoms with Crippen molar-refractivity contribution < 1.29 is 5.11 Å². The summed E-state index contributed by atoms with van der Waals surface area (Å²) in [7, 11) is 0. The molecule has 0 spiro atoms. The highest BCUT2D eigenvalue weighted by atomic mass is 79.9. The molecule has 1 atom stereocenters. The van der Waals surface area contributed by atoms with Crippen LogP contribution in [0, 0.1) is 0 Å². The normalized spacial score (nSPS) is 12.9. The molecule has 0 bridgehead atoms. The predicted octanol–water partition coefficient (Wildman–Crippen LogP) is 3.20. The molecule has 2 aromatic rings. The van der Waals surface area contributed by atoms with Crippen molar-refractivity contribution in [3.8, 4) is 0 Å². The van der Waals surface area contributed by atoms with Crippen LogP contribution in [0.4, 0.5) is 0 Å². The summed E-state index contributed by atoms with van der Waals surface area (Å²) in [6.45, 7) is 3.00. The Hall–Kier alpha value is -0.650. The number of halogens is 1. The van der Waals surface area contributed by atoms with Crippen molar-refractivity contribution in [3.63, 3.8) is 0 Å². The lowest BCUT2D eigenvalue weighted by Crippen LogP contribution is -1.97. The number of hydrogen-bond acceptors (Lipinski definition) is 3. The molecule has 1 unspecified atom stereocenters. The monoisotopic (exact) mass is 300 g/mol. The van der Waals surface area contributed by atoms with Gasteiger partial charge in [0, 0.05) is 23.2 Å². The van der Waals surface area contributed by atoms with E-state index in [9.17, 15) is 5.11 Å². The molecular formula is C11H13BrN2OS. The first-order valence-electron chi connectivity index (χ1n) is 5.16. The molecule has 0 aliphatic rings. The quantitative estimate of drug-likeness (QED) is 0.941. The molecule has 1 N–H and O–H groups in total. The SMILES string of the molecule is CCCn1cc(C(O)c2ccc(Br)s2)cn1. The number of aromatic nitrogens is 2. The van der Waals surface area contributed by atoms with Crippen LogP contribution >= 0.6 is 27.3 Å². The van der Waals surface area contributed by atoms with E-state index in [1.807, 2.05) is 23.0 Å². The summed E-state index contributed by atoms with van der Waals surface area (Å²) in [5.41, 5.74) is 0.850. The number of aliphatic hydroxyl groups excluding tert-OH is 1. The summed E-state index contributed by atoms with van der Waals surface area (Å²) in [5, 5.41) is 14.3. The molecule has 86 valence electrons. The second-order valence-electron chi connectivity index (χ2n) is 3.58. The summed E-state index contributed by atoms with van der Waals surface area (Å²) < 4.78 is 2.89. The second kappa shape index (κ2) is 5.12. The van der Waals surface area contributed by atoms with Crippen LogP contribution in [0.15, 0.2) is 28.3 Å². The second-order valence-corrected chi connectivity index (χ2v) is 6.08. The fourth-order valence-electron chi connectivity index (χ4n) is 1.51. The van der Waals surface area contributed by atoms with Crippen LogP contribution in [0.5, 0.6) is 0 Å². The molecule has 5 heteroatoms. The maximum Gasteiger partial charge on any atom is 0.116 e. The summed E-state index contributed by atoms with van der Waals surface area (Å²) in [4.78, 5) is 0.933. The lowest BCUT2D eigenvalue weighted by Gasteiger charge is -2.04. The number of thiophene rings is 1. The number of aryl methyl sites for hydroxylation is 1. The zero-order valence-corrected chi connectivity index (χ0v) is 11.3. The molecule has 0 aliphatic carbocycles. The van der Waals surface area contributed by atoms with Crippen molar-refractivity contribution in [1.82, 2.24) is 9.78 Å². The van der Waals surface area contributed by atoms with E-state index in [-0.39, 0.29) is 0 Å². The van der Waals surface area contributed by atoms with E-state index in [1.54, 1.807) is 17.5 Å². The Balaban J connectivity index is 2.17. The molecule has 0 saturated heterocycles. The molecular weight excluding hydrogens is 288 g/mol. The average Bonchev–Trinajstić information content (AvgIpc) is 2.87. The number of nitrogens with zero attached hydrogens (tertiary/aromatic N) is 2. The van der Waals surface area contributed by atoms with E-state index >= 15 is 0 Å². The zero-order valence-electron chi connectivity index (χ0n) is 8.93. The van der Waals surface area contributed by atoms with Crippen LogP contribution < -0.4 is 0 Å². The van der Waals surface area contributed by atoms with Crippen LogP contribution in [0.25, 0.3) is 0 Å². The number of rotatable bonds is 4. The molecule has 2 heterocycles. The lowest BCUT2D eigenvalue weighted by atomic mass is 10.2. The molecule has 0 amide bonds. The maximum atomic E-state index is 10.1. The van der Waals surface area contributed by atoms with Gasteiger partial charge in [-0.25, -0.2) is 0 Å². The Morgan fingerprint density at radius 3 is 3.00 bits per heavy atom. The van der Waals surface area contributed by atoms with Crippen molar-refractivity contribution in [3.05, 3.63) is 38.8 Å². The van der Waals surface area contributed by atoms with Gasteiger partial charge in [0.1, 0.15) is 6.10 Å². The number of aliphatic hydroxyl groups is 1. The van der Waals surface area contributed by atoms with Gasteiger partial charge in [-0.3, -0.25) is 4.68 Å². The molecule has 0 fully saturated rings.